The molecule has 12 aromatic rings. The van der Waals surface area contributed by atoms with Gasteiger partial charge in [0.25, 0.3) is 0 Å². The molecule has 0 fully saturated rings. The fourth-order valence-electron chi connectivity index (χ4n) is 10.6. The first-order valence-corrected chi connectivity index (χ1v) is 22.6. The van der Waals surface area contributed by atoms with Crippen LogP contribution in [0.4, 0.5) is 0 Å². The van der Waals surface area contributed by atoms with Gasteiger partial charge in [-0.1, -0.05) is 212 Å². The predicted molar refractivity (Wildman–Crippen MR) is 271 cm³/mol. The molecule has 0 saturated heterocycles. The lowest BCUT2D eigenvalue weighted by molar-refractivity contribution is 1.54. The smallest absolute Gasteiger partial charge is 0.0440 e. The second-order valence-electron chi connectivity index (χ2n) is 16.6. The highest BCUT2D eigenvalue weighted by Gasteiger charge is 2.34. The fourth-order valence-corrected chi connectivity index (χ4v) is 11.8. The summed E-state index contributed by atoms with van der Waals surface area (Å²) < 4.78 is 2.64. The van der Waals surface area contributed by atoms with Crippen molar-refractivity contribution in [3.8, 4) is 89.0 Å². The van der Waals surface area contributed by atoms with E-state index in [1.165, 1.54) is 131 Å². The van der Waals surface area contributed by atoms with Gasteiger partial charge in [0.05, 0.1) is 0 Å². The molecule has 1 heteroatoms. The van der Waals surface area contributed by atoms with E-state index in [2.05, 4.69) is 231 Å². The van der Waals surface area contributed by atoms with Crippen LogP contribution in [0, 0.1) is 0 Å². The van der Waals surface area contributed by atoms with E-state index in [1.807, 2.05) is 11.3 Å². The largest absolute Gasteiger partial charge is 0.135 e. The van der Waals surface area contributed by atoms with E-state index in [9.17, 15) is 0 Å². The normalized spacial score (nSPS) is 11.8. The van der Waals surface area contributed by atoms with Crippen molar-refractivity contribution >= 4 is 53.1 Å². The fraction of sp³-hybridized carbons (Fsp3) is 0. The Morgan fingerprint density at radius 2 is 0.698 bits per heavy atom. The summed E-state index contributed by atoms with van der Waals surface area (Å²) in [4.78, 5) is 0. The topological polar surface area (TPSA) is 0 Å². The summed E-state index contributed by atoms with van der Waals surface area (Å²) in [5, 5.41) is 7.81. The molecule has 292 valence electrons. The molecule has 0 aliphatic heterocycles. The quantitative estimate of drug-likeness (QED) is 0.157. The van der Waals surface area contributed by atoms with Crippen molar-refractivity contribution in [2.24, 2.45) is 0 Å². The van der Waals surface area contributed by atoms with E-state index in [4.69, 9.17) is 0 Å². The van der Waals surface area contributed by atoms with Crippen molar-refractivity contribution < 1.29 is 0 Å². The molecule has 0 radical (unpaired) electrons. The second-order valence-corrected chi connectivity index (χ2v) is 17.7. The van der Waals surface area contributed by atoms with Crippen molar-refractivity contribution in [2.45, 2.75) is 0 Å². The summed E-state index contributed by atoms with van der Waals surface area (Å²) in [7, 11) is 0. The highest BCUT2D eigenvalue weighted by atomic mass is 32.1. The minimum Gasteiger partial charge on any atom is -0.135 e. The molecule has 1 aromatic heterocycles. The Labute approximate surface area is 370 Å². The number of hydrogen-bond acceptors (Lipinski definition) is 1. The Hall–Kier alpha value is -7.84. The van der Waals surface area contributed by atoms with E-state index in [0.717, 1.165) is 0 Å². The molecule has 0 amide bonds. The molecule has 1 aliphatic carbocycles. The molecule has 0 spiro atoms. The van der Waals surface area contributed by atoms with Gasteiger partial charge in [-0.05, 0) is 123 Å². The monoisotopic (exact) mass is 814 g/mol. The summed E-state index contributed by atoms with van der Waals surface area (Å²) in [6.45, 7) is 0. The molecule has 1 aliphatic rings. The first-order chi connectivity index (χ1) is 31.3. The van der Waals surface area contributed by atoms with Gasteiger partial charge in [0, 0.05) is 25.7 Å². The van der Waals surface area contributed by atoms with Gasteiger partial charge in [0.1, 0.15) is 0 Å². The molecule has 0 nitrogen and oxygen atoms in total. The lowest BCUT2D eigenvalue weighted by atomic mass is 9.76. The van der Waals surface area contributed by atoms with Crippen LogP contribution in [-0.2, 0) is 0 Å². The van der Waals surface area contributed by atoms with E-state index in [1.54, 1.807) is 0 Å². The van der Waals surface area contributed by atoms with Crippen LogP contribution in [0.15, 0.2) is 231 Å². The van der Waals surface area contributed by atoms with Crippen molar-refractivity contribution in [1.82, 2.24) is 0 Å². The van der Waals surface area contributed by atoms with E-state index < -0.39 is 0 Å². The van der Waals surface area contributed by atoms with Crippen LogP contribution < -0.4 is 0 Å². The van der Waals surface area contributed by atoms with Gasteiger partial charge in [-0.3, -0.25) is 0 Å². The minimum atomic E-state index is 1.21. The van der Waals surface area contributed by atoms with E-state index in [0.29, 0.717) is 0 Å². The van der Waals surface area contributed by atoms with Crippen molar-refractivity contribution in [3.05, 3.63) is 231 Å². The average Bonchev–Trinajstić information content (AvgIpc) is 3.91. The van der Waals surface area contributed by atoms with Crippen molar-refractivity contribution in [2.75, 3.05) is 0 Å². The molecule has 0 atom stereocenters. The zero-order valence-electron chi connectivity index (χ0n) is 34.3. The molecule has 11 aromatic carbocycles. The number of rotatable bonds is 6. The lowest BCUT2D eigenvalue weighted by Gasteiger charge is -2.26. The predicted octanol–water partition coefficient (Wildman–Crippen LogP) is 18.0. The maximum atomic E-state index is 2.45. The van der Waals surface area contributed by atoms with Crippen LogP contribution in [-0.4, -0.2) is 0 Å². The Bertz CT molecular complexity index is 3620. The number of fused-ring (bicyclic) bond motifs is 8. The van der Waals surface area contributed by atoms with Gasteiger partial charge in [-0.2, -0.15) is 0 Å². The number of benzene rings is 11. The molecule has 0 N–H and O–H groups in total. The molecular formula is C62H38S. The number of thiophene rings is 1. The summed E-state index contributed by atoms with van der Waals surface area (Å²) in [6.07, 6.45) is 0. The van der Waals surface area contributed by atoms with Gasteiger partial charge in [-0.25, -0.2) is 0 Å². The maximum Gasteiger partial charge on any atom is 0.0440 e. The first-order valence-electron chi connectivity index (χ1n) is 21.8. The van der Waals surface area contributed by atoms with Crippen molar-refractivity contribution in [1.29, 1.82) is 0 Å². The highest BCUT2D eigenvalue weighted by molar-refractivity contribution is 7.26. The molecule has 0 bridgehead atoms. The summed E-state index contributed by atoms with van der Waals surface area (Å²) >= 11 is 1.92. The van der Waals surface area contributed by atoms with Gasteiger partial charge in [-0.15, -0.1) is 11.3 Å². The SMILES string of the molecule is c1ccc(-c2ccc3sc4c(-c5ccc6c7c(cccc57)-c5c(-c7ccccc7)c(-c7ccccc7)c(-c7ccccc7)c(-c7ccccc7)c5-6)cc5ccccc5c4c3c2)cc1. The third-order valence-electron chi connectivity index (χ3n) is 13.2. The van der Waals surface area contributed by atoms with Crippen LogP contribution in [0.1, 0.15) is 0 Å². The van der Waals surface area contributed by atoms with Gasteiger partial charge >= 0.3 is 0 Å². The summed E-state index contributed by atoms with van der Waals surface area (Å²) in [5.41, 5.74) is 20.1. The third kappa shape index (κ3) is 5.54. The Morgan fingerprint density at radius 3 is 1.27 bits per heavy atom. The molecule has 63 heavy (non-hydrogen) atoms. The summed E-state index contributed by atoms with van der Waals surface area (Å²) in [6, 6.07) is 85.4. The lowest BCUT2D eigenvalue weighted by Crippen LogP contribution is -1.99. The van der Waals surface area contributed by atoms with Gasteiger partial charge < -0.3 is 0 Å². The average molecular weight is 815 g/mol. The van der Waals surface area contributed by atoms with Gasteiger partial charge in [0.15, 0.2) is 0 Å². The molecule has 0 unspecified atom stereocenters. The Morgan fingerprint density at radius 1 is 0.238 bits per heavy atom. The maximum absolute atomic E-state index is 2.45. The minimum absolute atomic E-state index is 1.21. The first kappa shape index (κ1) is 35.9. The molecule has 0 saturated carbocycles. The van der Waals surface area contributed by atoms with Crippen LogP contribution in [0.5, 0.6) is 0 Å². The zero-order chi connectivity index (χ0) is 41.4. The van der Waals surface area contributed by atoms with Crippen LogP contribution in [0.25, 0.3) is 131 Å². The molecule has 1 heterocycles. The van der Waals surface area contributed by atoms with E-state index >= 15 is 0 Å². The highest BCUT2D eigenvalue weighted by Crippen LogP contribution is 2.61. The van der Waals surface area contributed by atoms with Crippen molar-refractivity contribution in [3.63, 3.8) is 0 Å². The van der Waals surface area contributed by atoms with Gasteiger partial charge in [0.2, 0.25) is 0 Å². The van der Waals surface area contributed by atoms with Crippen LogP contribution in [0.3, 0.4) is 0 Å². The third-order valence-corrected chi connectivity index (χ3v) is 14.4. The van der Waals surface area contributed by atoms with Crippen LogP contribution in [0.2, 0.25) is 0 Å². The molecular weight excluding hydrogens is 777 g/mol. The van der Waals surface area contributed by atoms with Crippen LogP contribution >= 0.6 is 11.3 Å². The molecule has 13 rings (SSSR count). The Balaban J connectivity index is 1.16. The summed E-state index contributed by atoms with van der Waals surface area (Å²) in [5.74, 6) is 0. The second kappa shape index (κ2) is 14.4. The van der Waals surface area contributed by atoms with E-state index in [-0.39, 0.29) is 0 Å². The number of hydrogen-bond donors (Lipinski definition) is 0. The Kier molecular flexibility index (Phi) is 8.19. The zero-order valence-corrected chi connectivity index (χ0v) is 35.2. The standard InChI is InChI=1S/C62H38S/c1-6-19-39(20-7-1)44-33-36-53-52(37-44)59-46-30-17-16-29-45(46)38-51(62(59)63-53)47-34-35-50-58-48(47)31-18-32-49(58)60-56(42-25-12-4-13-26-42)54(40-21-8-2-9-22-40)55(41-23-10-3-11-24-41)57(61(50)60)43-27-14-5-15-28-43/h1-38H.